The minimum Gasteiger partial charge on any atom is -0.383 e. The fourth-order valence-electron chi connectivity index (χ4n) is 3.06. The van der Waals surface area contributed by atoms with E-state index < -0.39 is 11.9 Å². The molecular weight excluding hydrogens is 362 g/mol. The van der Waals surface area contributed by atoms with Crippen molar-refractivity contribution in [3.8, 4) is 11.1 Å². The highest BCUT2D eigenvalue weighted by atomic mass is 16.2. The fourth-order valence-corrected chi connectivity index (χ4v) is 3.06. The highest BCUT2D eigenvalue weighted by molar-refractivity contribution is 5.99. The van der Waals surface area contributed by atoms with Crippen molar-refractivity contribution >= 4 is 23.6 Å². The Morgan fingerprint density at radius 3 is 2.17 bits per heavy atom. The molecule has 1 atom stereocenters. The number of rotatable bonds is 7. The fraction of sp³-hybridized carbons (Fsp3) is 0.333. The van der Waals surface area contributed by atoms with E-state index in [4.69, 9.17) is 5.73 Å². The number of nitrogens with one attached hydrogen (secondary N) is 2. The minimum atomic E-state index is -0.704. The van der Waals surface area contributed by atoms with Gasteiger partial charge in [-0.2, -0.15) is 0 Å². The summed E-state index contributed by atoms with van der Waals surface area (Å²) in [5.41, 5.74) is 12.3. The second-order valence-electron chi connectivity index (χ2n) is 7.82. The molecule has 0 saturated carbocycles. The van der Waals surface area contributed by atoms with Crippen molar-refractivity contribution < 1.29 is 9.59 Å². The average Bonchev–Trinajstić information content (AvgIpc) is 2.64. The summed E-state index contributed by atoms with van der Waals surface area (Å²) in [5.74, 6) is -0.859. The smallest absolute Gasteiger partial charge is 0.247 e. The average molecular weight is 394 g/mol. The standard InChI is InChI=1S/C24H31N3O2/c1-14(2)26-21-9-7-19(8-10-21)22-13-15(3)20(11-16(22)4)12-17(5)24(29)27-18(6)23(25)28/h7-14,18,26H,1-6H3,(H2,25,28)(H,27,29)/t18-/m1/s1. The highest BCUT2D eigenvalue weighted by Gasteiger charge is 2.14. The molecule has 0 spiro atoms. The number of hydrogen-bond acceptors (Lipinski definition) is 3. The summed E-state index contributed by atoms with van der Waals surface area (Å²) in [4.78, 5) is 23.4. The first-order valence-electron chi connectivity index (χ1n) is 9.85. The molecule has 0 heterocycles. The number of carbonyl (C=O) groups is 2. The van der Waals surface area contributed by atoms with E-state index in [1.165, 1.54) is 5.56 Å². The predicted molar refractivity (Wildman–Crippen MR) is 121 cm³/mol. The van der Waals surface area contributed by atoms with Crippen molar-refractivity contribution in [3.63, 3.8) is 0 Å². The molecule has 4 N–H and O–H groups in total. The molecule has 0 saturated heterocycles. The molecule has 2 amide bonds. The number of amides is 2. The van der Waals surface area contributed by atoms with Gasteiger partial charge in [0.15, 0.2) is 0 Å². The Morgan fingerprint density at radius 1 is 1.00 bits per heavy atom. The van der Waals surface area contributed by atoms with E-state index in [9.17, 15) is 9.59 Å². The number of aryl methyl sites for hydroxylation is 2. The molecule has 0 radical (unpaired) electrons. The summed E-state index contributed by atoms with van der Waals surface area (Å²) in [7, 11) is 0. The summed E-state index contributed by atoms with van der Waals surface area (Å²) in [6.07, 6.45) is 1.84. The molecule has 0 aliphatic rings. The van der Waals surface area contributed by atoms with Gasteiger partial charge in [0.1, 0.15) is 6.04 Å². The zero-order chi connectivity index (χ0) is 21.7. The number of benzene rings is 2. The van der Waals surface area contributed by atoms with E-state index in [0.717, 1.165) is 27.9 Å². The van der Waals surface area contributed by atoms with E-state index in [-0.39, 0.29) is 5.91 Å². The van der Waals surface area contributed by atoms with Crippen LogP contribution in [0.25, 0.3) is 17.2 Å². The van der Waals surface area contributed by atoms with Gasteiger partial charge >= 0.3 is 0 Å². The van der Waals surface area contributed by atoms with Gasteiger partial charge in [-0.15, -0.1) is 0 Å². The van der Waals surface area contributed by atoms with E-state index in [1.807, 2.05) is 13.0 Å². The molecule has 0 fully saturated rings. The lowest BCUT2D eigenvalue weighted by Crippen LogP contribution is -2.42. The second-order valence-corrected chi connectivity index (χ2v) is 7.82. The SMILES string of the molecule is CC(=Cc1cc(C)c(-c2ccc(NC(C)C)cc2)cc1C)C(=O)N[C@H](C)C(N)=O. The molecular formula is C24H31N3O2. The zero-order valence-electron chi connectivity index (χ0n) is 18.1. The molecule has 0 unspecified atom stereocenters. The van der Waals surface area contributed by atoms with Crippen molar-refractivity contribution in [2.75, 3.05) is 5.32 Å². The van der Waals surface area contributed by atoms with Crippen molar-refractivity contribution in [1.29, 1.82) is 0 Å². The Kier molecular flexibility index (Phi) is 7.21. The van der Waals surface area contributed by atoms with Gasteiger partial charge in [-0.1, -0.05) is 24.3 Å². The maximum absolute atomic E-state index is 12.3. The molecule has 2 rings (SSSR count). The first-order chi connectivity index (χ1) is 13.6. The topological polar surface area (TPSA) is 84.2 Å². The molecule has 29 heavy (non-hydrogen) atoms. The van der Waals surface area contributed by atoms with Crippen LogP contribution >= 0.6 is 0 Å². The van der Waals surface area contributed by atoms with Crippen LogP contribution in [-0.2, 0) is 9.59 Å². The van der Waals surface area contributed by atoms with Gasteiger partial charge in [-0.3, -0.25) is 9.59 Å². The van der Waals surface area contributed by atoms with Crippen LogP contribution < -0.4 is 16.4 Å². The molecule has 5 heteroatoms. The Labute approximate surface area is 173 Å². The van der Waals surface area contributed by atoms with Crippen LogP contribution in [0.3, 0.4) is 0 Å². The molecule has 0 aromatic heterocycles. The van der Waals surface area contributed by atoms with Gasteiger partial charge in [-0.05, 0) is 87.6 Å². The third-order valence-electron chi connectivity index (χ3n) is 4.77. The normalized spacial score (nSPS) is 12.6. The van der Waals surface area contributed by atoms with Gasteiger partial charge in [0.2, 0.25) is 11.8 Å². The molecule has 0 aliphatic heterocycles. The number of carbonyl (C=O) groups excluding carboxylic acids is 2. The Hall–Kier alpha value is -3.08. The lowest BCUT2D eigenvalue weighted by atomic mass is 9.94. The van der Waals surface area contributed by atoms with Crippen LogP contribution in [0.1, 0.15) is 44.4 Å². The summed E-state index contributed by atoms with van der Waals surface area (Å²) < 4.78 is 0. The van der Waals surface area contributed by atoms with E-state index >= 15 is 0 Å². The number of nitrogens with two attached hydrogens (primary N) is 1. The summed E-state index contributed by atoms with van der Waals surface area (Å²) in [5, 5.41) is 6.00. The number of hydrogen-bond donors (Lipinski definition) is 3. The van der Waals surface area contributed by atoms with Gasteiger partial charge < -0.3 is 16.4 Å². The van der Waals surface area contributed by atoms with Crippen molar-refractivity contribution in [2.45, 2.75) is 53.6 Å². The van der Waals surface area contributed by atoms with Crippen molar-refractivity contribution in [1.82, 2.24) is 5.32 Å². The Morgan fingerprint density at radius 2 is 1.62 bits per heavy atom. The molecule has 2 aromatic carbocycles. The molecule has 2 aromatic rings. The lowest BCUT2D eigenvalue weighted by molar-refractivity contribution is -0.124. The maximum atomic E-state index is 12.3. The van der Waals surface area contributed by atoms with Crippen LogP contribution in [0.2, 0.25) is 0 Å². The molecule has 5 nitrogen and oxygen atoms in total. The molecule has 0 aliphatic carbocycles. The van der Waals surface area contributed by atoms with Crippen LogP contribution in [0.15, 0.2) is 42.0 Å². The summed E-state index contributed by atoms with van der Waals surface area (Å²) in [6, 6.07) is 12.3. The number of anilines is 1. The summed E-state index contributed by atoms with van der Waals surface area (Å²) in [6.45, 7) is 11.6. The van der Waals surface area contributed by atoms with Crippen LogP contribution in [-0.4, -0.2) is 23.9 Å². The largest absolute Gasteiger partial charge is 0.383 e. The quantitative estimate of drug-likeness (QED) is 0.617. The first kappa shape index (κ1) is 22.2. The third-order valence-corrected chi connectivity index (χ3v) is 4.77. The van der Waals surface area contributed by atoms with Crippen molar-refractivity contribution in [2.24, 2.45) is 5.73 Å². The minimum absolute atomic E-state index is 0.300. The lowest BCUT2D eigenvalue weighted by Gasteiger charge is -2.14. The van der Waals surface area contributed by atoms with Crippen molar-refractivity contribution in [3.05, 3.63) is 58.7 Å². The highest BCUT2D eigenvalue weighted by Crippen LogP contribution is 2.28. The predicted octanol–water partition coefficient (Wildman–Crippen LogP) is 4.18. The van der Waals surface area contributed by atoms with Gasteiger partial charge in [0, 0.05) is 17.3 Å². The van der Waals surface area contributed by atoms with Gasteiger partial charge in [-0.25, -0.2) is 0 Å². The van der Waals surface area contributed by atoms with E-state index in [0.29, 0.717) is 11.6 Å². The third kappa shape index (κ3) is 5.95. The van der Waals surface area contributed by atoms with E-state index in [1.54, 1.807) is 13.8 Å². The number of primary amides is 1. The van der Waals surface area contributed by atoms with Gasteiger partial charge in [0.05, 0.1) is 0 Å². The molecule has 0 bridgehead atoms. The maximum Gasteiger partial charge on any atom is 0.247 e. The van der Waals surface area contributed by atoms with Crippen LogP contribution in [0.4, 0.5) is 5.69 Å². The Balaban J connectivity index is 2.27. The first-order valence-corrected chi connectivity index (χ1v) is 9.85. The monoisotopic (exact) mass is 393 g/mol. The zero-order valence-corrected chi connectivity index (χ0v) is 18.1. The summed E-state index contributed by atoms with van der Waals surface area (Å²) >= 11 is 0. The second kappa shape index (κ2) is 9.41. The van der Waals surface area contributed by atoms with Crippen LogP contribution in [0, 0.1) is 13.8 Å². The Bertz CT molecular complexity index is 928. The van der Waals surface area contributed by atoms with Crippen LogP contribution in [0.5, 0.6) is 0 Å². The van der Waals surface area contributed by atoms with Gasteiger partial charge in [0.25, 0.3) is 0 Å². The molecule has 154 valence electrons. The van der Waals surface area contributed by atoms with E-state index in [2.05, 4.69) is 67.8 Å².